The molecule has 0 heterocycles. The molecule has 0 radical (unpaired) electrons. The van der Waals surface area contributed by atoms with Crippen LogP contribution in [0.2, 0.25) is 0 Å². The van der Waals surface area contributed by atoms with E-state index in [-0.39, 0.29) is 33.0 Å². The zero-order valence-corrected chi connectivity index (χ0v) is 20.9. The molecule has 0 spiro atoms. The average molecular weight is 573 g/mol. The van der Waals surface area contributed by atoms with E-state index in [9.17, 15) is 41.2 Å². The second kappa shape index (κ2) is 10.1. The van der Waals surface area contributed by atoms with Crippen LogP contribution in [0.25, 0.3) is 10.8 Å². The Balaban J connectivity index is 1.74. The van der Waals surface area contributed by atoms with Crippen LogP contribution >= 0.6 is 0 Å². The van der Waals surface area contributed by atoms with Crippen molar-refractivity contribution in [2.24, 2.45) is 20.5 Å². The largest absolute Gasteiger partial charge is 0.505 e. The summed E-state index contributed by atoms with van der Waals surface area (Å²) in [7, 11) is -9.36. The van der Waals surface area contributed by atoms with Crippen LogP contribution in [0.5, 0.6) is 5.75 Å². The Bertz CT molecular complexity index is 1920. The van der Waals surface area contributed by atoms with Crippen LogP contribution in [0.15, 0.2) is 97.0 Å². The van der Waals surface area contributed by atoms with Crippen molar-refractivity contribution in [1.29, 1.82) is 0 Å². The summed E-state index contributed by atoms with van der Waals surface area (Å²) >= 11 is 0. The molecule has 0 unspecified atom stereocenters. The van der Waals surface area contributed by atoms with Gasteiger partial charge in [0.2, 0.25) is 0 Å². The smallest absolute Gasteiger partial charge is 0.297 e. The second-order valence-electron chi connectivity index (χ2n) is 7.79. The van der Waals surface area contributed by atoms with Crippen molar-refractivity contribution in [3.8, 4) is 5.75 Å². The minimum atomic E-state index is -4.90. The topological polar surface area (TPSA) is 248 Å². The zero-order valence-electron chi connectivity index (χ0n) is 19.3. The van der Waals surface area contributed by atoms with E-state index in [1.54, 1.807) is 6.07 Å². The van der Waals surface area contributed by atoms with E-state index in [1.165, 1.54) is 36.4 Å². The zero-order chi connectivity index (χ0) is 28.5. The van der Waals surface area contributed by atoms with Gasteiger partial charge in [-0.25, -0.2) is 0 Å². The van der Waals surface area contributed by atoms with E-state index in [1.807, 2.05) is 0 Å². The number of benzene rings is 4. The molecule has 0 amide bonds. The fraction of sp³-hybridized carbons (Fsp3) is 0. The molecule has 0 aliphatic carbocycles. The first kappa shape index (κ1) is 27.2. The molecule has 39 heavy (non-hydrogen) atoms. The Morgan fingerprint density at radius 3 is 2.03 bits per heavy atom. The standard InChI is InChI=1S/C22H16N6O9S2/c23-21-17(26-24-13-2-1-3-15(10-13)38(32,33)34)7-4-12-5-8-18(22(29)20(12)21)27-25-16-9-6-14(28(30)31)11-19(16)39(35,36)37/h1-11,29H,23H2,(H,32,33,34)(H,35,36,37). The Labute approximate surface area is 219 Å². The maximum atomic E-state index is 11.7. The number of anilines is 1. The molecule has 5 N–H and O–H groups in total. The number of fused-ring (bicyclic) bond motifs is 1. The van der Waals surface area contributed by atoms with Gasteiger partial charge in [-0.1, -0.05) is 18.2 Å². The van der Waals surface area contributed by atoms with Gasteiger partial charge in [0.25, 0.3) is 25.9 Å². The first-order chi connectivity index (χ1) is 18.3. The Morgan fingerprint density at radius 2 is 1.38 bits per heavy atom. The van der Waals surface area contributed by atoms with Crippen LogP contribution in [-0.4, -0.2) is 36.0 Å². The number of nitrogen functional groups attached to an aromatic ring is 1. The number of hydrogen-bond acceptors (Lipinski definition) is 12. The summed E-state index contributed by atoms with van der Waals surface area (Å²) in [5.74, 6) is -0.463. The number of phenols is 1. The molecule has 0 aliphatic rings. The number of azo groups is 2. The van der Waals surface area contributed by atoms with Gasteiger partial charge in [0.05, 0.1) is 26.6 Å². The van der Waals surface area contributed by atoms with Crippen molar-refractivity contribution in [2.75, 3.05) is 5.73 Å². The van der Waals surface area contributed by atoms with Crippen LogP contribution in [0, 0.1) is 10.1 Å². The van der Waals surface area contributed by atoms with Crippen molar-refractivity contribution in [3.05, 3.63) is 76.8 Å². The van der Waals surface area contributed by atoms with Crippen LogP contribution in [0.4, 0.5) is 34.1 Å². The van der Waals surface area contributed by atoms with Gasteiger partial charge in [0, 0.05) is 12.1 Å². The van der Waals surface area contributed by atoms with Gasteiger partial charge in [-0.05, 0) is 41.8 Å². The van der Waals surface area contributed by atoms with E-state index >= 15 is 0 Å². The summed E-state index contributed by atoms with van der Waals surface area (Å²) < 4.78 is 64.7. The molecule has 4 aromatic carbocycles. The van der Waals surface area contributed by atoms with E-state index < -0.39 is 47.2 Å². The van der Waals surface area contributed by atoms with Gasteiger partial charge in [0.1, 0.15) is 22.0 Å². The molecule has 15 nitrogen and oxygen atoms in total. The van der Waals surface area contributed by atoms with E-state index in [2.05, 4.69) is 20.5 Å². The lowest BCUT2D eigenvalue weighted by atomic mass is 10.1. The minimum absolute atomic E-state index is 0.0364. The van der Waals surface area contributed by atoms with E-state index in [0.717, 1.165) is 18.2 Å². The molecule has 0 bridgehead atoms. The maximum absolute atomic E-state index is 11.7. The highest BCUT2D eigenvalue weighted by atomic mass is 32.2. The first-order valence-electron chi connectivity index (χ1n) is 10.5. The van der Waals surface area contributed by atoms with Crippen LogP contribution in [0.1, 0.15) is 0 Å². The summed E-state index contributed by atoms with van der Waals surface area (Å²) in [4.78, 5) is 8.86. The average Bonchev–Trinajstić information content (AvgIpc) is 2.86. The number of non-ortho nitro benzene ring substituents is 1. The summed E-state index contributed by atoms with van der Waals surface area (Å²) in [6.07, 6.45) is 0. The molecule has 4 aromatic rings. The number of nitro benzene ring substituents is 1. The molecule has 0 saturated heterocycles. The third kappa shape index (κ3) is 5.85. The molecule has 4 rings (SSSR count). The van der Waals surface area contributed by atoms with Gasteiger partial charge < -0.3 is 10.8 Å². The molecule has 0 atom stereocenters. The number of nitro groups is 1. The molecular formula is C22H16N6O9S2. The highest BCUT2D eigenvalue weighted by molar-refractivity contribution is 7.86. The van der Waals surface area contributed by atoms with Gasteiger partial charge >= 0.3 is 0 Å². The van der Waals surface area contributed by atoms with E-state index in [0.29, 0.717) is 11.5 Å². The molecule has 0 fully saturated rings. The highest BCUT2D eigenvalue weighted by Gasteiger charge is 2.21. The van der Waals surface area contributed by atoms with Gasteiger partial charge in [-0.15, -0.1) is 15.3 Å². The molecule has 0 aliphatic heterocycles. The normalized spacial score (nSPS) is 12.5. The highest BCUT2D eigenvalue weighted by Crippen LogP contribution is 2.43. The molecule has 17 heteroatoms. The number of nitrogens with two attached hydrogens (primary N) is 1. The lowest BCUT2D eigenvalue weighted by Gasteiger charge is -2.09. The van der Waals surface area contributed by atoms with Crippen LogP contribution in [-0.2, 0) is 20.2 Å². The second-order valence-corrected chi connectivity index (χ2v) is 10.6. The van der Waals surface area contributed by atoms with Crippen LogP contribution < -0.4 is 5.73 Å². The molecular weight excluding hydrogens is 556 g/mol. The number of rotatable bonds is 7. The Morgan fingerprint density at radius 1 is 0.769 bits per heavy atom. The molecule has 200 valence electrons. The minimum Gasteiger partial charge on any atom is -0.505 e. The van der Waals surface area contributed by atoms with Crippen molar-refractivity contribution in [3.63, 3.8) is 0 Å². The SMILES string of the molecule is Nc1c(N=Nc2cccc(S(=O)(=O)O)c2)ccc2ccc(N=Nc3ccc([N+](=O)[O-])cc3S(=O)(=O)O)c(O)c12. The van der Waals surface area contributed by atoms with Gasteiger partial charge in [-0.3, -0.25) is 19.2 Å². The lowest BCUT2D eigenvalue weighted by molar-refractivity contribution is -0.385. The van der Waals surface area contributed by atoms with E-state index in [4.69, 9.17) is 5.73 Å². The van der Waals surface area contributed by atoms with Crippen molar-refractivity contribution in [1.82, 2.24) is 0 Å². The summed E-state index contributed by atoms with van der Waals surface area (Å²) in [6.45, 7) is 0. The fourth-order valence-electron chi connectivity index (χ4n) is 3.40. The number of nitrogens with zero attached hydrogens (tertiary/aromatic N) is 5. The Kier molecular flexibility index (Phi) is 7.07. The summed E-state index contributed by atoms with van der Waals surface area (Å²) in [6, 6.07) is 13.5. The number of hydrogen-bond donors (Lipinski definition) is 4. The monoisotopic (exact) mass is 572 g/mol. The quantitative estimate of drug-likeness (QED) is 0.0725. The van der Waals surface area contributed by atoms with Crippen molar-refractivity contribution in [2.45, 2.75) is 9.79 Å². The molecule has 0 aromatic heterocycles. The van der Waals surface area contributed by atoms with Gasteiger partial charge in [-0.2, -0.15) is 21.9 Å². The first-order valence-corrected chi connectivity index (χ1v) is 13.3. The van der Waals surface area contributed by atoms with Crippen molar-refractivity contribution < 1.29 is 36.0 Å². The third-order valence-electron chi connectivity index (χ3n) is 5.24. The predicted octanol–water partition coefficient (Wildman–Crippen LogP) is 5.36. The maximum Gasteiger partial charge on any atom is 0.297 e. The number of phenolic OH excluding ortho intramolecular Hbond substituents is 1. The summed E-state index contributed by atoms with van der Waals surface area (Å²) in [5, 5.41) is 37.8. The fourth-order valence-corrected chi connectivity index (χ4v) is 4.57. The summed E-state index contributed by atoms with van der Waals surface area (Å²) in [5.41, 5.74) is 5.14. The lowest BCUT2D eigenvalue weighted by Crippen LogP contribution is -2.00. The third-order valence-corrected chi connectivity index (χ3v) is 6.97. The van der Waals surface area contributed by atoms with Crippen LogP contribution in [0.3, 0.4) is 0 Å². The Hall–Kier alpha value is -4.84. The van der Waals surface area contributed by atoms with Crippen molar-refractivity contribution >= 4 is 65.1 Å². The van der Waals surface area contributed by atoms with Gasteiger partial charge in [0.15, 0.2) is 5.75 Å². The number of aromatic hydroxyl groups is 1. The predicted molar refractivity (Wildman–Crippen MR) is 138 cm³/mol. The molecule has 0 saturated carbocycles.